The Morgan fingerprint density at radius 1 is 1.04 bits per heavy atom. The van der Waals surface area contributed by atoms with Gasteiger partial charge in [0, 0.05) is 17.0 Å². The van der Waals surface area contributed by atoms with E-state index in [2.05, 4.69) is 5.10 Å². The molecular weight excluding hydrogens is 312 g/mol. The maximum Gasteiger partial charge on any atom is 0.274 e. The monoisotopic (exact) mass is 328 g/mol. The third kappa shape index (κ3) is 3.90. The van der Waals surface area contributed by atoms with Crippen molar-refractivity contribution in [3.8, 4) is 5.75 Å². The Morgan fingerprint density at radius 3 is 2.65 bits per heavy atom. The van der Waals surface area contributed by atoms with Crippen molar-refractivity contribution in [3.05, 3.63) is 70.1 Å². The number of aromatic nitrogens is 2. The molecule has 3 rings (SSSR count). The molecule has 0 N–H and O–H groups in total. The molecule has 0 amide bonds. The molecule has 3 aromatic rings. The van der Waals surface area contributed by atoms with Gasteiger partial charge in [-0.15, -0.1) is 0 Å². The summed E-state index contributed by atoms with van der Waals surface area (Å²) in [6, 6.07) is 14.8. The molecule has 0 aliphatic rings. The van der Waals surface area contributed by atoms with Crippen LogP contribution in [-0.4, -0.2) is 16.4 Å². The lowest BCUT2D eigenvalue weighted by Gasteiger charge is -2.07. The Morgan fingerprint density at radius 2 is 1.83 bits per heavy atom. The van der Waals surface area contributed by atoms with Gasteiger partial charge in [0.05, 0.1) is 18.2 Å². The molecule has 0 bridgehead atoms. The number of benzene rings is 2. The molecule has 0 radical (unpaired) electrons. The van der Waals surface area contributed by atoms with Crippen molar-refractivity contribution in [2.24, 2.45) is 0 Å². The summed E-state index contributed by atoms with van der Waals surface area (Å²) < 4.78 is 7.15. The lowest BCUT2D eigenvalue weighted by Crippen LogP contribution is -2.23. The number of aryl methyl sites for hydroxylation is 1. The van der Waals surface area contributed by atoms with E-state index in [1.807, 2.05) is 36.4 Å². The molecule has 1 heterocycles. The Labute approximate surface area is 139 Å². The predicted molar refractivity (Wildman–Crippen MR) is 92.2 cm³/mol. The highest BCUT2D eigenvalue weighted by atomic mass is 35.5. The number of unbranched alkanes of at least 4 members (excludes halogenated alkanes) is 1. The number of hydrogen-bond acceptors (Lipinski definition) is 3. The maximum atomic E-state index is 12.3. The largest absolute Gasteiger partial charge is 0.494 e. The summed E-state index contributed by atoms with van der Waals surface area (Å²) in [5, 5.41) is 6.50. The molecule has 0 saturated heterocycles. The van der Waals surface area contributed by atoms with Crippen LogP contribution in [0, 0.1) is 0 Å². The Kier molecular flexibility index (Phi) is 4.93. The summed E-state index contributed by atoms with van der Waals surface area (Å²) in [6.45, 7) is 1.19. The fourth-order valence-electron chi connectivity index (χ4n) is 2.37. The third-order valence-electron chi connectivity index (χ3n) is 3.61. The first-order valence-corrected chi connectivity index (χ1v) is 7.95. The van der Waals surface area contributed by atoms with Crippen LogP contribution in [-0.2, 0) is 6.54 Å². The topological polar surface area (TPSA) is 44.1 Å². The van der Waals surface area contributed by atoms with Gasteiger partial charge in [0.2, 0.25) is 0 Å². The number of nitrogens with zero attached hydrogens (tertiary/aromatic N) is 2. The van der Waals surface area contributed by atoms with Gasteiger partial charge < -0.3 is 4.74 Å². The minimum absolute atomic E-state index is 0.0401. The number of ether oxygens (including phenoxy) is 1. The van der Waals surface area contributed by atoms with Crippen molar-refractivity contribution in [1.82, 2.24) is 9.78 Å². The quantitative estimate of drug-likeness (QED) is 0.644. The first-order valence-electron chi connectivity index (χ1n) is 7.57. The number of fused-ring (bicyclic) bond motifs is 1. The van der Waals surface area contributed by atoms with Crippen LogP contribution >= 0.6 is 11.6 Å². The van der Waals surface area contributed by atoms with Crippen molar-refractivity contribution in [2.45, 2.75) is 19.4 Å². The zero-order valence-corrected chi connectivity index (χ0v) is 13.4. The average molecular weight is 329 g/mol. The van der Waals surface area contributed by atoms with Gasteiger partial charge in [0.25, 0.3) is 5.56 Å². The van der Waals surface area contributed by atoms with Crippen LogP contribution in [0.3, 0.4) is 0 Å². The van der Waals surface area contributed by atoms with Crippen LogP contribution < -0.4 is 10.3 Å². The minimum atomic E-state index is -0.0401. The number of halogens is 1. The Balaban J connectivity index is 1.52. The molecule has 0 spiro atoms. The molecule has 4 nitrogen and oxygen atoms in total. The summed E-state index contributed by atoms with van der Waals surface area (Å²) in [5.74, 6) is 0.801. The molecule has 0 atom stereocenters. The Hall–Kier alpha value is -2.33. The van der Waals surface area contributed by atoms with E-state index in [4.69, 9.17) is 16.3 Å². The van der Waals surface area contributed by atoms with E-state index in [1.165, 1.54) is 4.68 Å². The van der Waals surface area contributed by atoms with E-state index in [0.29, 0.717) is 23.6 Å². The molecular formula is C18H17ClN2O2. The first kappa shape index (κ1) is 15.6. The molecule has 1 aromatic heterocycles. The van der Waals surface area contributed by atoms with Crippen LogP contribution in [0.2, 0.25) is 5.02 Å². The van der Waals surface area contributed by atoms with Gasteiger partial charge in [-0.05, 0) is 43.2 Å². The van der Waals surface area contributed by atoms with E-state index in [1.54, 1.807) is 18.3 Å². The second-order valence-corrected chi connectivity index (χ2v) is 5.71. The fourth-order valence-corrected chi connectivity index (χ4v) is 2.50. The minimum Gasteiger partial charge on any atom is -0.494 e. The SMILES string of the molecule is O=c1c2ccccc2cnn1CCCCOc1ccc(Cl)cc1. The molecule has 5 heteroatoms. The molecule has 2 aromatic carbocycles. The van der Waals surface area contributed by atoms with E-state index in [9.17, 15) is 4.79 Å². The van der Waals surface area contributed by atoms with Crippen LogP contribution in [0.1, 0.15) is 12.8 Å². The highest BCUT2D eigenvalue weighted by Crippen LogP contribution is 2.15. The van der Waals surface area contributed by atoms with Crippen LogP contribution in [0.15, 0.2) is 59.5 Å². The molecule has 0 aliphatic heterocycles. The second kappa shape index (κ2) is 7.29. The standard InChI is InChI=1S/C18H17ClN2O2/c19-15-7-9-16(10-8-15)23-12-4-3-11-21-18(22)17-6-2-1-5-14(17)13-20-21/h1-2,5-10,13H,3-4,11-12H2. The molecule has 0 fully saturated rings. The summed E-state index contributed by atoms with van der Waals surface area (Å²) in [4.78, 5) is 12.3. The van der Waals surface area contributed by atoms with Gasteiger partial charge in [-0.3, -0.25) is 4.79 Å². The van der Waals surface area contributed by atoms with Crippen molar-refractivity contribution in [1.29, 1.82) is 0 Å². The lowest BCUT2D eigenvalue weighted by atomic mass is 10.2. The maximum absolute atomic E-state index is 12.3. The summed E-state index contributed by atoms with van der Waals surface area (Å²) >= 11 is 5.82. The van der Waals surface area contributed by atoms with Gasteiger partial charge in [0.15, 0.2) is 0 Å². The fraction of sp³-hybridized carbons (Fsp3) is 0.222. The first-order chi connectivity index (χ1) is 11.2. The molecule has 23 heavy (non-hydrogen) atoms. The highest BCUT2D eigenvalue weighted by molar-refractivity contribution is 6.30. The highest BCUT2D eigenvalue weighted by Gasteiger charge is 2.03. The van der Waals surface area contributed by atoms with E-state index < -0.39 is 0 Å². The summed E-state index contributed by atoms with van der Waals surface area (Å²) in [6.07, 6.45) is 3.42. The van der Waals surface area contributed by atoms with Crippen LogP contribution in [0.25, 0.3) is 10.8 Å². The normalized spacial score (nSPS) is 10.8. The molecule has 0 aliphatic carbocycles. The smallest absolute Gasteiger partial charge is 0.274 e. The number of rotatable bonds is 6. The van der Waals surface area contributed by atoms with Crippen molar-refractivity contribution in [3.63, 3.8) is 0 Å². The number of hydrogen-bond donors (Lipinski definition) is 0. The van der Waals surface area contributed by atoms with Gasteiger partial charge in [-0.25, -0.2) is 4.68 Å². The molecule has 118 valence electrons. The van der Waals surface area contributed by atoms with Crippen LogP contribution in [0.5, 0.6) is 5.75 Å². The zero-order valence-electron chi connectivity index (χ0n) is 12.6. The third-order valence-corrected chi connectivity index (χ3v) is 3.86. The van der Waals surface area contributed by atoms with Gasteiger partial charge in [-0.1, -0.05) is 29.8 Å². The second-order valence-electron chi connectivity index (χ2n) is 5.27. The Bertz CT molecular complexity index is 844. The van der Waals surface area contributed by atoms with Gasteiger partial charge in [-0.2, -0.15) is 5.10 Å². The molecule has 0 saturated carbocycles. The van der Waals surface area contributed by atoms with Crippen molar-refractivity contribution >= 4 is 22.4 Å². The van der Waals surface area contributed by atoms with Crippen molar-refractivity contribution < 1.29 is 4.74 Å². The zero-order chi connectivity index (χ0) is 16.1. The van der Waals surface area contributed by atoms with E-state index in [0.717, 1.165) is 24.0 Å². The van der Waals surface area contributed by atoms with Crippen LogP contribution in [0.4, 0.5) is 0 Å². The van der Waals surface area contributed by atoms with E-state index >= 15 is 0 Å². The van der Waals surface area contributed by atoms with Gasteiger partial charge in [0.1, 0.15) is 5.75 Å². The lowest BCUT2D eigenvalue weighted by molar-refractivity contribution is 0.301. The average Bonchev–Trinajstić information content (AvgIpc) is 2.58. The summed E-state index contributed by atoms with van der Waals surface area (Å²) in [7, 11) is 0. The predicted octanol–water partition coefficient (Wildman–Crippen LogP) is 3.91. The van der Waals surface area contributed by atoms with Gasteiger partial charge >= 0.3 is 0 Å². The van der Waals surface area contributed by atoms with Crippen molar-refractivity contribution in [2.75, 3.05) is 6.61 Å². The van der Waals surface area contributed by atoms with E-state index in [-0.39, 0.29) is 5.56 Å². The molecule has 0 unspecified atom stereocenters. The summed E-state index contributed by atoms with van der Waals surface area (Å²) in [5.41, 5.74) is -0.0401.